The van der Waals surface area contributed by atoms with Gasteiger partial charge in [0.1, 0.15) is 0 Å². The van der Waals surface area contributed by atoms with E-state index in [9.17, 15) is 9.59 Å². The quantitative estimate of drug-likeness (QED) is 0.650. The number of hydrogen-bond acceptors (Lipinski definition) is 5. The summed E-state index contributed by atoms with van der Waals surface area (Å²) in [7, 11) is 1.35. The number of carbonyl (C=O) groups excluding carboxylic acids is 2. The number of esters is 2. The zero-order valence-electron chi connectivity index (χ0n) is 9.31. The Bertz CT molecular complexity index is 288. The van der Waals surface area contributed by atoms with E-state index in [0.29, 0.717) is 13.0 Å². The van der Waals surface area contributed by atoms with Gasteiger partial charge in [-0.15, -0.1) is 0 Å². The summed E-state index contributed by atoms with van der Waals surface area (Å²) >= 11 is 0. The van der Waals surface area contributed by atoms with Crippen LogP contribution in [0.4, 0.5) is 0 Å². The van der Waals surface area contributed by atoms with Crippen LogP contribution < -0.4 is 0 Å². The average Bonchev–Trinajstić information content (AvgIpc) is 2.59. The van der Waals surface area contributed by atoms with Crippen LogP contribution in [-0.4, -0.2) is 37.9 Å². The summed E-state index contributed by atoms with van der Waals surface area (Å²) in [6.45, 7) is 0.483. The predicted molar refractivity (Wildman–Crippen MR) is 53.6 cm³/mol. The van der Waals surface area contributed by atoms with E-state index in [1.165, 1.54) is 7.11 Å². The Morgan fingerprint density at radius 1 is 1.56 bits per heavy atom. The third-order valence-electron chi connectivity index (χ3n) is 3.13. The Kier molecular flexibility index (Phi) is 3.43. The van der Waals surface area contributed by atoms with Crippen LogP contribution >= 0.6 is 0 Å². The van der Waals surface area contributed by atoms with E-state index < -0.39 is 0 Å². The molecule has 90 valence electrons. The summed E-state index contributed by atoms with van der Waals surface area (Å²) in [4.78, 5) is 22.7. The van der Waals surface area contributed by atoms with Crippen LogP contribution in [0.25, 0.3) is 0 Å². The number of ether oxygens (including phenoxy) is 3. The van der Waals surface area contributed by atoms with Gasteiger partial charge in [0.15, 0.2) is 0 Å². The summed E-state index contributed by atoms with van der Waals surface area (Å²) in [5.74, 6) is -0.679. The lowest BCUT2D eigenvalue weighted by Crippen LogP contribution is -2.22. The standard InChI is InChI=1S/C11H16O5/c1-14-10(12)6-7-5-8-9(16-7)3-2-4-15-11(8)13/h7-9H,2-6H2,1H3/t7-,8-,9-/m1/s1. The summed E-state index contributed by atoms with van der Waals surface area (Å²) in [6, 6.07) is 0. The molecule has 16 heavy (non-hydrogen) atoms. The van der Waals surface area contributed by atoms with Crippen molar-refractivity contribution in [2.75, 3.05) is 13.7 Å². The van der Waals surface area contributed by atoms with Crippen molar-refractivity contribution >= 4 is 11.9 Å². The first kappa shape index (κ1) is 11.4. The Morgan fingerprint density at radius 2 is 2.38 bits per heavy atom. The monoisotopic (exact) mass is 228 g/mol. The minimum atomic E-state index is -0.296. The van der Waals surface area contributed by atoms with Gasteiger partial charge in [0, 0.05) is 0 Å². The number of carbonyl (C=O) groups is 2. The van der Waals surface area contributed by atoms with Crippen LogP contribution in [0.5, 0.6) is 0 Å². The minimum absolute atomic E-state index is 0.0790. The fourth-order valence-electron chi connectivity index (χ4n) is 2.31. The van der Waals surface area contributed by atoms with E-state index in [-0.39, 0.29) is 36.5 Å². The Labute approximate surface area is 94.0 Å². The van der Waals surface area contributed by atoms with Gasteiger partial charge in [0.05, 0.1) is 38.3 Å². The predicted octanol–water partition coefficient (Wildman–Crippen LogP) is 0.660. The minimum Gasteiger partial charge on any atom is -0.469 e. The smallest absolute Gasteiger partial charge is 0.311 e. The second kappa shape index (κ2) is 4.82. The summed E-state index contributed by atoms with van der Waals surface area (Å²) in [6.07, 6.45) is 2.17. The average molecular weight is 228 g/mol. The molecule has 2 aliphatic rings. The van der Waals surface area contributed by atoms with E-state index in [2.05, 4.69) is 4.74 Å². The molecule has 2 heterocycles. The van der Waals surface area contributed by atoms with Gasteiger partial charge in [-0.1, -0.05) is 0 Å². The molecular weight excluding hydrogens is 212 g/mol. The topological polar surface area (TPSA) is 61.8 Å². The Morgan fingerprint density at radius 3 is 3.12 bits per heavy atom. The molecule has 2 saturated heterocycles. The van der Waals surface area contributed by atoms with Gasteiger partial charge < -0.3 is 14.2 Å². The molecule has 0 saturated carbocycles. The molecule has 2 fully saturated rings. The van der Waals surface area contributed by atoms with E-state index >= 15 is 0 Å². The second-order valence-electron chi connectivity index (χ2n) is 4.23. The number of methoxy groups -OCH3 is 1. The number of fused-ring (bicyclic) bond motifs is 1. The third kappa shape index (κ3) is 2.35. The highest BCUT2D eigenvalue weighted by Gasteiger charge is 2.42. The summed E-state index contributed by atoms with van der Waals surface area (Å²) < 4.78 is 15.3. The maximum Gasteiger partial charge on any atom is 0.311 e. The normalized spacial score (nSPS) is 33.8. The Hall–Kier alpha value is -1.10. The van der Waals surface area contributed by atoms with Crippen LogP contribution in [0.1, 0.15) is 25.7 Å². The Balaban J connectivity index is 1.94. The molecule has 0 bridgehead atoms. The third-order valence-corrected chi connectivity index (χ3v) is 3.13. The van der Waals surface area contributed by atoms with Crippen LogP contribution in [0.15, 0.2) is 0 Å². The maximum absolute atomic E-state index is 11.6. The maximum atomic E-state index is 11.6. The van der Waals surface area contributed by atoms with Crippen molar-refractivity contribution in [1.29, 1.82) is 0 Å². The fourth-order valence-corrected chi connectivity index (χ4v) is 2.31. The lowest BCUT2D eigenvalue weighted by atomic mass is 9.96. The molecule has 0 unspecified atom stereocenters. The second-order valence-corrected chi connectivity index (χ2v) is 4.23. The summed E-state index contributed by atoms with van der Waals surface area (Å²) in [5.41, 5.74) is 0. The first-order valence-corrected chi connectivity index (χ1v) is 5.59. The number of rotatable bonds is 2. The van der Waals surface area contributed by atoms with Gasteiger partial charge in [0.25, 0.3) is 0 Å². The first-order chi connectivity index (χ1) is 7.70. The van der Waals surface area contributed by atoms with Gasteiger partial charge in [-0.2, -0.15) is 0 Å². The van der Waals surface area contributed by atoms with E-state index in [1.807, 2.05) is 0 Å². The van der Waals surface area contributed by atoms with Crippen molar-refractivity contribution < 1.29 is 23.8 Å². The van der Waals surface area contributed by atoms with Crippen LogP contribution in [0.3, 0.4) is 0 Å². The van der Waals surface area contributed by atoms with Crippen LogP contribution in [0.2, 0.25) is 0 Å². The molecule has 0 radical (unpaired) electrons. The number of cyclic esters (lactones) is 1. The lowest BCUT2D eigenvalue weighted by molar-refractivity contribution is -0.148. The van der Waals surface area contributed by atoms with Gasteiger partial charge in [-0.3, -0.25) is 9.59 Å². The largest absolute Gasteiger partial charge is 0.469 e. The number of hydrogen-bond donors (Lipinski definition) is 0. The first-order valence-electron chi connectivity index (χ1n) is 5.59. The molecule has 0 amide bonds. The highest BCUT2D eigenvalue weighted by Crippen LogP contribution is 2.33. The van der Waals surface area contributed by atoms with E-state index in [4.69, 9.17) is 9.47 Å². The van der Waals surface area contributed by atoms with Gasteiger partial charge in [-0.25, -0.2) is 0 Å². The van der Waals surface area contributed by atoms with Gasteiger partial charge in [-0.05, 0) is 19.3 Å². The zero-order chi connectivity index (χ0) is 11.5. The molecule has 5 heteroatoms. The molecule has 2 rings (SSSR count). The lowest BCUT2D eigenvalue weighted by Gasteiger charge is -2.12. The van der Waals surface area contributed by atoms with Gasteiger partial charge >= 0.3 is 11.9 Å². The van der Waals surface area contributed by atoms with Gasteiger partial charge in [0.2, 0.25) is 0 Å². The summed E-state index contributed by atoms with van der Waals surface area (Å²) in [5, 5.41) is 0. The van der Waals surface area contributed by atoms with E-state index in [0.717, 1.165) is 12.8 Å². The molecule has 0 aromatic carbocycles. The molecule has 0 N–H and O–H groups in total. The molecule has 2 aliphatic heterocycles. The molecule has 5 nitrogen and oxygen atoms in total. The van der Waals surface area contributed by atoms with Crippen molar-refractivity contribution in [3.63, 3.8) is 0 Å². The van der Waals surface area contributed by atoms with Crippen LogP contribution in [0, 0.1) is 5.92 Å². The van der Waals surface area contributed by atoms with Crippen molar-refractivity contribution in [2.45, 2.75) is 37.9 Å². The van der Waals surface area contributed by atoms with Crippen LogP contribution in [-0.2, 0) is 23.8 Å². The fraction of sp³-hybridized carbons (Fsp3) is 0.818. The molecule has 3 atom stereocenters. The highest BCUT2D eigenvalue weighted by atomic mass is 16.6. The van der Waals surface area contributed by atoms with Crippen molar-refractivity contribution in [1.82, 2.24) is 0 Å². The molecule has 0 aromatic rings. The van der Waals surface area contributed by atoms with E-state index in [1.54, 1.807) is 0 Å². The molecule has 0 aliphatic carbocycles. The zero-order valence-corrected chi connectivity index (χ0v) is 9.31. The molecular formula is C11H16O5. The SMILES string of the molecule is COC(=O)C[C@H]1C[C@H]2C(=O)OCCC[C@H]2O1. The highest BCUT2D eigenvalue weighted by molar-refractivity contribution is 5.74. The van der Waals surface area contributed by atoms with Crippen molar-refractivity contribution in [3.8, 4) is 0 Å². The van der Waals surface area contributed by atoms with Crippen molar-refractivity contribution in [3.05, 3.63) is 0 Å². The van der Waals surface area contributed by atoms with Crippen molar-refractivity contribution in [2.24, 2.45) is 5.92 Å². The molecule has 0 spiro atoms. The molecule has 0 aromatic heterocycles.